The van der Waals surface area contributed by atoms with E-state index in [-0.39, 0.29) is 11.1 Å². The first-order valence-electron chi connectivity index (χ1n) is 11.4. The van der Waals surface area contributed by atoms with Crippen LogP contribution in [0.25, 0.3) is 11.1 Å². The second-order valence-corrected chi connectivity index (χ2v) is 17.7. The smallest absolute Gasteiger partial charge is 0.192 e. The normalized spacial score (nSPS) is 14.7. The lowest BCUT2D eigenvalue weighted by Crippen LogP contribution is -2.44. The quantitative estimate of drug-likeness (QED) is 0.131. The van der Waals surface area contributed by atoms with E-state index in [1.807, 2.05) is 30.3 Å². The topological polar surface area (TPSA) is 43.4 Å². The van der Waals surface area contributed by atoms with Gasteiger partial charge in [0.25, 0.3) is 0 Å². The van der Waals surface area contributed by atoms with Crippen LogP contribution < -0.4 is 0 Å². The summed E-state index contributed by atoms with van der Waals surface area (Å²) in [5.74, 6) is 0. The van der Waals surface area contributed by atoms with Gasteiger partial charge in [-0.1, -0.05) is 79.2 Å². The van der Waals surface area contributed by atoms with Crippen molar-refractivity contribution in [2.45, 2.75) is 69.2 Å². The fourth-order valence-corrected chi connectivity index (χ4v) is 5.78. The van der Waals surface area contributed by atoms with Crippen LogP contribution in [0.4, 0.5) is 0 Å². The predicted octanol–water partition coefficient (Wildman–Crippen LogP) is 7.79. The van der Waals surface area contributed by atoms with Crippen molar-refractivity contribution >= 4 is 45.2 Å². The molecule has 0 aromatic heterocycles. The van der Waals surface area contributed by atoms with E-state index in [0.29, 0.717) is 4.90 Å². The number of benzene rings is 2. The minimum atomic E-state index is -3.25. The Hall–Kier alpha value is -1.21. The van der Waals surface area contributed by atoms with Crippen molar-refractivity contribution in [3.63, 3.8) is 0 Å². The van der Waals surface area contributed by atoms with E-state index >= 15 is 0 Å². The molecule has 1 atom stereocenters. The summed E-state index contributed by atoms with van der Waals surface area (Å²) in [4.78, 5) is 0.312. The van der Waals surface area contributed by atoms with Gasteiger partial charge >= 0.3 is 0 Å². The zero-order chi connectivity index (χ0) is 24.9. The van der Waals surface area contributed by atoms with Crippen molar-refractivity contribution < 1.29 is 12.8 Å². The summed E-state index contributed by atoms with van der Waals surface area (Å²) in [6.07, 6.45) is 4.17. The van der Waals surface area contributed by atoms with E-state index in [0.717, 1.165) is 46.9 Å². The summed E-state index contributed by atoms with van der Waals surface area (Å²) >= 11 is 3.56. The van der Waals surface area contributed by atoms with Gasteiger partial charge in [0.15, 0.2) is 18.2 Å². The van der Waals surface area contributed by atoms with Crippen molar-refractivity contribution in [2.75, 3.05) is 11.6 Å². The van der Waals surface area contributed by atoms with Crippen molar-refractivity contribution in [3.05, 3.63) is 72.6 Å². The van der Waals surface area contributed by atoms with E-state index in [1.165, 1.54) is 6.26 Å². The summed E-state index contributed by atoms with van der Waals surface area (Å²) in [5, 5.41) is 1.05. The summed E-state index contributed by atoms with van der Waals surface area (Å²) in [5.41, 5.74) is 3.97. The maximum absolute atomic E-state index is 11.9. The molecule has 6 heteroatoms. The molecule has 181 valence electrons. The zero-order valence-corrected chi connectivity index (χ0v) is 24.2. The van der Waals surface area contributed by atoms with Gasteiger partial charge in [-0.05, 0) is 78.7 Å². The van der Waals surface area contributed by atoms with E-state index < -0.39 is 18.2 Å². The summed E-state index contributed by atoms with van der Waals surface area (Å²) < 4.78 is 30.9. The van der Waals surface area contributed by atoms with Gasteiger partial charge in [-0.25, -0.2) is 8.42 Å². The highest BCUT2D eigenvalue weighted by molar-refractivity contribution is 9.09. The molecule has 2 aromatic carbocycles. The minimum absolute atomic E-state index is 0.0843. The molecule has 0 aliphatic carbocycles. The highest BCUT2D eigenvalue weighted by Crippen LogP contribution is 2.41. The Morgan fingerprint density at radius 2 is 1.58 bits per heavy atom. The van der Waals surface area contributed by atoms with Crippen LogP contribution in [0.15, 0.2) is 59.5 Å². The molecule has 0 saturated carbocycles. The molecule has 0 spiro atoms. The molecule has 0 N–H and O–H groups in total. The largest absolute Gasteiger partial charge is 0.410 e. The van der Waals surface area contributed by atoms with Gasteiger partial charge in [-0.15, -0.1) is 0 Å². The fraction of sp³-hybridized carbons (Fsp3) is 0.444. The first-order chi connectivity index (χ1) is 15.3. The molecule has 0 saturated heterocycles. The summed E-state index contributed by atoms with van der Waals surface area (Å²) in [6.45, 7) is 15.8. The molecule has 2 aromatic rings. The molecule has 3 nitrogen and oxygen atoms in total. The zero-order valence-electron chi connectivity index (χ0n) is 20.8. The number of halogens is 1. The summed E-state index contributed by atoms with van der Waals surface area (Å²) in [7, 11) is -5.31. The van der Waals surface area contributed by atoms with Crippen LogP contribution in [0, 0.1) is 6.92 Å². The van der Waals surface area contributed by atoms with Gasteiger partial charge in [0.2, 0.25) is 0 Å². The lowest BCUT2D eigenvalue weighted by molar-refractivity contribution is 0.220. The van der Waals surface area contributed by atoms with Crippen LogP contribution >= 0.6 is 15.9 Å². The van der Waals surface area contributed by atoms with Crippen LogP contribution in [-0.2, 0) is 14.3 Å². The predicted molar refractivity (Wildman–Crippen MR) is 148 cm³/mol. The number of unbranched alkanes of at least 4 members (excludes halogenated alkanes) is 1. The first-order valence-corrected chi connectivity index (χ1v) is 17.4. The maximum atomic E-state index is 11.9. The standard InChI is InChI=1S/C27H38BrO3SSi/c1-21(22-16-18-24(19-17-22)32(5,29)30)26(23-13-9-8-10-14-23)25(15-11-12-20-28)31-33(6,7)27(2,3)4/h8-10,13-14,16-19,25H,1,11-12,15,20H2,2-7H3/b26-21+. The van der Waals surface area contributed by atoms with Gasteiger partial charge in [0, 0.05) is 11.6 Å². The third-order valence-electron chi connectivity index (χ3n) is 6.46. The van der Waals surface area contributed by atoms with Crippen molar-refractivity contribution in [2.24, 2.45) is 0 Å². The van der Waals surface area contributed by atoms with Crippen LogP contribution in [-0.4, -0.2) is 34.4 Å². The van der Waals surface area contributed by atoms with Crippen LogP contribution in [0.2, 0.25) is 18.1 Å². The summed E-state index contributed by atoms with van der Waals surface area (Å²) in [6, 6.07) is 17.3. The number of hydrogen-bond donors (Lipinski definition) is 0. The minimum Gasteiger partial charge on any atom is -0.410 e. The van der Waals surface area contributed by atoms with Gasteiger partial charge < -0.3 is 4.43 Å². The number of sulfone groups is 1. The third kappa shape index (κ3) is 7.64. The molecular weight excluding hydrogens is 512 g/mol. The molecule has 0 fully saturated rings. The molecule has 0 bridgehead atoms. The SMILES string of the molecule is [CH2]/C(=C(/c1ccccc1)C(CCCCBr)O[Si](C)(C)C(C)(C)C)c1ccc(S(C)(=O)=O)cc1. The van der Waals surface area contributed by atoms with E-state index in [4.69, 9.17) is 4.43 Å². The van der Waals surface area contributed by atoms with Crippen molar-refractivity contribution in [3.8, 4) is 0 Å². The Labute approximate surface area is 210 Å². The lowest BCUT2D eigenvalue weighted by atomic mass is 9.90. The van der Waals surface area contributed by atoms with Crippen molar-refractivity contribution in [1.82, 2.24) is 0 Å². The Bertz CT molecular complexity index is 1040. The highest BCUT2D eigenvalue weighted by atomic mass is 79.9. The van der Waals surface area contributed by atoms with Gasteiger partial charge in [-0.2, -0.15) is 0 Å². The van der Waals surface area contributed by atoms with Crippen LogP contribution in [0.1, 0.15) is 51.2 Å². The van der Waals surface area contributed by atoms with Gasteiger partial charge in [0.05, 0.1) is 11.0 Å². The molecular formula is C27H38BrO3SSi. The van der Waals surface area contributed by atoms with Crippen molar-refractivity contribution in [1.29, 1.82) is 0 Å². The molecule has 0 heterocycles. The molecule has 0 aliphatic rings. The number of alkyl halides is 1. The Kier molecular flexibility index (Phi) is 9.75. The van der Waals surface area contributed by atoms with Crippen LogP contribution in [0.5, 0.6) is 0 Å². The van der Waals surface area contributed by atoms with E-state index in [2.05, 4.69) is 68.9 Å². The lowest BCUT2D eigenvalue weighted by Gasteiger charge is -2.40. The van der Waals surface area contributed by atoms with E-state index in [1.54, 1.807) is 12.1 Å². The molecule has 0 amide bonds. The average Bonchev–Trinajstić information content (AvgIpc) is 2.73. The Morgan fingerprint density at radius 1 is 1.00 bits per heavy atom. The highest BCUT2D eigenvalue weighted by Gasteiger charge is 2.40. The second-order valence-electron chi connectivity index (χ2n) is 10.1. The average molecular weight is 551 g/mol. The van der Waals surface area contributed by atoms with Gasteiger partial charge in [0.1, 0.15) is 0 Å². The Morgan fingerprint density at radius 3 is 2.06 bits per heavy atom. The van der Waals surface area contributed by atoms with E-state index in [9.17, 15) is 8.42 Å². The third-order valence-corrected chi connectivity index (χ3v) is 12.6. The number of allylic oxidation sites excluding steroid dienone is 1. The monoisotopic (exact) mass is 549 g/mol. The number of hydrogen-bond acceptors (Lipinski definition) is 3. The molecule has 1 radical (unpaired) electrons. The first kappa shape index (κ1) is 28.0. The molecule has 1 unspecified atom stereocenters. The molecule has 0 aliphatic heterocycles. The molecule has 33 heavy (non-hydrogen) atoms. The Balaban J connectivity index is 2.65. The number of rotatable bonds is 10. The van der Waals surface area contributed by atoms with Crippen LogP contribution in [0.3, 0.4) is 0 Å². The second kappa shape index (κ2) is 11.5. The maximum Gasteiger partial charge on any atom is 0.192 e. The van der Waals surface area contributed by atoms with Gasteiger partial charge in [-0.3, -0.25) is 0 Å². The fourth-order valence-electron chi connectivity index (χ4n) is 3.45. The molecule has 2 rings (SSSR count).